The van der Waals surface area contributed by atoms with Crippen molar-refractivity contribution in [3.05, 3.63) is 34.6 Å². The van der Waals surface area contributed by atoms with Crippen molar-refractivity contribution in [3.63, 3.8) is 0 Å². The van der Waals surface area contributed by atoms with E-state index in [1.54, 1.807) is 20.8 Å². The summed E-state index contributed by atoms with van der Waals surface area (Å²) in [5.74, 6) is -12.6. The lowest BCUT2D eigenvalue weighted by molar-refractivity contribution is -0.386. The summed E-state index contributed by atoms with van der Waals surface area (Å²) in [5.41, 5.74) is -0.844. The number of benzene rings is 1. The van der Waals surface area contributed by atoms with Gasteiger partial charge >= 0.3 is 0 Å². The van der Waals surface area contributed by atoms with Crippen molar-refractivity contribution in [2.24, 2.45) is 11.8 Å². The molecule has 3 nitrogen and oxygen atoms in total. The molecular formula is C24H37F5O3. The quantitative estimate of drug-likeness (QED) is 0.0930. The number of unbranched alkanes of at least 4 members (excludes halogenated alkanes) is 5. The van der Waals surface area contributed by atoms with Crippen molar-refractivity contribution in [1.82, 2.24) is 0 Å². The molecular weight excluding hydrogens is 431 g/mol. The Labute approximate surface area is 188 Å². The Morgan fingerprint density at radius 1 is 0.750 bits per heavy atom. The van der Waals surface area contributed by atoms with E-state index < -0.39 is 52.5 Å². The standard InChI is InChI=1S/C24H37F5O3/c1-5-8-9-10-11-12-13-17(24(30,31-6-2)32-7-3)14-16(4)15-18-19(25)21(27)23(29)22(28)20(18)26/h16-17,30H,5-15H2,1-4H3. The minimum Gasteiger partial charge on any atom is -0.343 e. The number of ether oxygens (including phenoxy) is 2. The molecule has 1 N–H and O–H groups in total. The van der Waals surface area contributed by atoms with Crippen LogP contribution in [0.15, 0.2) is 0 Å². The first-order valence-corrected chi connectivity index (χ1v) is 11.6. The predicted octanol–water partition coefficient (Wildman–Crippen LogP) is 7.04. The highest BCUT2D eigenvalue weighted by atomic mass is 19.2. The monoisotopic (exact) mass is 468 g/mol. The van der Waals surface area contributed by atoms with Crippen molar-refractivity contribution < 1.29 is 36.5 Å². The molecule has 2 atom stereocenters. The van der Waals surface area contributed by atoms with Crippen LogP contribution in [-0.2, 0) is 15.9 Å². The highest BCUT2D eigenvalue weighted by Crippen LogP contribution is 2.34. The summed E-state index contributed by atoms with van der Waals surface area (Å²) in [6.45, 7) is 7.58. The molecule has 1 rings (SSSR count). The predicted molar refractivity (Wildman–Crippen MR) is 113 cm³/mol. The minimum atomic E-state index is -2.17. The second-order valence-corrected chi connectivity index (χ2v) is 8.34. The molecule has 0 aliphatic rings. The summed E-state index contributed by atoms with van der Waals surface area (Å²) in [6.07, 6.45) is 6.63. The Morgan fingerprint density at radius 2 is 1.22 bits per heavy atom. The molecule has 0 heterocycles. The second-order valence-electron chi connectivity index (χ2n) is 8.34. The molecule has 8 heteroatoms. The number of rotatable bonds is 16. The van der Waals surface area contributed by atoms with Gasteiger partial charge in [0.15, 0.2) is 23.3 Å². The third kappa shape index (κ3) is 7.96. The van der Waals surface area contributed by atoms with Crippen LogP contribution in [0.4, 0.5) is 22.0 Å². The van der Waals surface area contributed by atoms with Crippen LogP contribution < -0.4 is 0 Å². The maximum atomic E-state index is 14.1. The summed E-state index contributed by atoms with van der Waals surface area (Å²) in [4.78, 5) is 0. The topological polar surface area (TPSA) is 38.7 Å². The molecule has 0 saturated carbocycles. The Bertz CT molecular complexity index is 664. The Hall–Kier alpha value is -1.25. The smallest absolute Gasteiger partial charge is 0.283 e. The number of hydrogen-bond donors (Lipinski definition) is 1. The van der Waals surface area contributed by atoms with E-state index in [-0.39, 0.29) is 26.1 Å². The van der Waals surface area contributed by atoms with Crippen LogP contribution >= 0.6 is 0 Å². The average Bonchev–Trinajstić information content (AvgIpc) is 2.75. The molecule has 186 valence electrons. The van der Waals surface area contributed by atoms with Gasteiger partial charge < -0.3 is 14.6 Å². The van der Waals surface area contributed by atoms with Gasteiger partial charge in [0.05, 0.1) is 0 Å². The van der Waals surface area contributed by atoms with Crippen molar-refractivity contribution in [3.8, 4) is 0 Å². The van der Waals surface area contributed by atoms with Crippen molar-refractivity contribution in [2.45, 2.75) is 91.5 Å². The molecule has 0 fully saturated rings. The summed E-state index contributed by atoms with van der Waals surface area (Å²) in [7, 11) is 0. The van der Waals surface area contributed by atoms with Gasteiger partial charge in [-0.05, 0) is 39.0 Å². The van der Waals surface area contributed by atoms with E-state index in [0.29, 0.717) is 6.42 Å². The van der Waals surface area contributed by atoms with E-state index in [0.717, 1.165) is 38.5 Å². The number of halogens is 5. The highest BCUT2D eigenvalue weighted by molar-refractivity contribution is 5.24. The van der Waals surface area contributed by atoms with Crippen LogP contribution in [0, 0.1) is 40.9 Å². The number of aliphatic hydroxyl groups is 1. The van der Waals surface area contributed by atoms with Gasteiger partial charge in [0.2, 0.25) is 5.82 Å². The molecule has 0 radical (unpaired) electrons. The van der Waals surface area contributed by atoms with E-state index in [2.05, 4.69) is 6.92 Å². The van der Waals surface area contributed by atoms with Gasteiger partial charge in [-0.2, -0.15) is 0 Å². The lowest BCUT2D eigenvalue weighted by Gasteiger charge is -2.36. The van der Waals surface area contributed by atoms with Crippen molar-refractivity contribution in [1.29, 1.82) is 0 Å². The van der Waals surface area contributed by atoms with E-state index >= 15 is 0 Å². The van der Waals surface area contributed by atoms with Gasteiger partial charge in [0, 0.05) is 24.7 Å². The fourth-order valence-corrected chi connectivity index (χ4v) is 4.06. The van der Waals surface area contributed by atoms with Crippen molar-refractivity contribution in [2.75, 3.05) is 13.2 Å². The van der Waals surface area contributed by atoms with E-state index in [1.807, 2.05) is 0 Å². The first-order chi connectivity index (χ1) is 15.1. The van der Waals surface area contributed by atoms with Gasteiger partial charge in [0.25, 0.3) is 5.97 Å². The molecule has 32 heavy (non-hydrogen) atoms. The SMILES string of the molecule is CCCCCCCCC(CC(C)Cc1c(F)c(F)c(F)c(F)c1F)C(O)(OCC)OCC. The molecule has 0 aliphatic carbocycles. The molecule has 0 aliphatic heterocycles. The Morgan fingerprint density at radius 3 is 1.72 bits per heavy atom. The third-order valence-corrected chi connectivity index (χ3v) is 5.66. The van der Waals surface area contributed by atoms with Gasteiger partial charge in [-0.3, -0.25) is 0 Å². The zero-order chi connectivity index (χ0) is 24.3. The van der Waals surface area contributed by atoms with Crippen LogP contribution in [0.25, 0.3) is 0 Å². The molecule has 0 saturated heterocycles. The van der Waals surface area contributed by atoms with Crippen LogP contribution in [0.3, 0.4) is 0 Å². The van der Waals surface area contributed by atoms with Crippen LogP contribution in [0.2, 0.25) is 0 Å². The number of hydrogen-bond acceptors (Lipinski definition) is 3. The maximum absolute atomic E-state index is 14.1. The lowest BCUT2D eigenvalue weighted by atomic mass is 9.85. The van der Waals surface area contributed by atoms with Crippen LogP contribution in [-0.4, -0.2) is 24.3 Å². The van der Waals surface area contributed by atoms with Gasteiger partial charge in [-0.1, -0.05) is 52.4 Å². The largest absolute Gasteiger partial charge is 0.343 e. The summed E-state index contributed by atoms with van der Waals surface area (Å²) in [5, 5.41) is 11.0. The molecule has 1 aromatic carbocycles. The minimum absolute atomic E-state index is 0.190. The van der Waals surface area contributed by atoms with Crippen LogP contribution in [0.1, 0.15) is 84.6 Å². The fraction of sp³-hybridized carbons (Fsp3) is 0.750. The second kappa shape index (κ2) is 14.1. The molecule has 1 aromatic rings. The highest BCUT2D eigenvalue weighted by Gasteiger charge is 2.39. The zero-order valence-corrected chi connectivity index (χ0v) is 19.6. The molecule has 0 bridgehead atoms. The van der Waals surface area contributed by atoms with Gasteiger partial charge in [-0.15, -0.1) is 0 Å². The molecule has 0 aromatic heterocycles. The van der Waals surface area contributed by atoms with E-state index in [4.69, 9.17) is 9.47 Å². The fourth-order valence-electron chi connectivity index (χ4n) is 4.06. The summed E-state index contributed by atoms with van der Waals surface area (Å²) >= 11 is 0. The Kier molecular flexibility index (Phi) is 12.7. The summed E-state index contributed by atoms with van der Waals surface area (Å²) < 4.78 is 79.6. The van der Waals surface area contributed by atoms with Crippen LogP contribution in [0.5, 0.6) is 0 Å². The normalized spacial score (nSPS) is 14.1. The lowest BCUT2D eigenvalue weighted by Crippen LogP contribution is -2.44. The average molecular weight is 469 g/mol. The van der Waals surface area contributed by atoms with E-state index in [9.17, 15) is 27.1 Å². The first kappa shape index (κ1) is 28.8. The van der Waals surface area contributed by atoms with Gasteiger partial charge in [0.1, 0.15) is 0 Å². The first-order valence-electron chi connectivity index (χ1n) is 11.6. The molecule has 0 amide bonds. The third-order valence-electron chi connectivity index (χ3n) is 5.66. The van der Waals surface area contributed by atoms with E-state index in [1.165, 1.54) is 0 Å². The molecule has 0 spiro atoms. The molecule has 2 unspecified atom stereocenters. The van der Waals surface area contributed by atoms with Crippen molar-refractivity contribution >= 4 is 0 Å². The summed E-state index contributed by atoms with van der Waals surface area (Å²) in [6, 6.07) is 0. The zero-order valence-electron chi connectivity index (χ0n) is 19.6. The maximum Gasteiger partial charge on any atom is 0.283 e. The Balaban J connectivity index is 2.98. The van der Waals surface area contributed by atoms with Gasteiger partial charge in [-0.25, -0.2) is 22.0 Å².